The second-order valence-electron chi connectivity index (χ2n) is 6.46. The van der Waals surface area contributed by atoms with Gasteiger partial charge in [0.15, 0.2) is 29.0 Å². The van der Waals surface area contributed by atoms with E-state index in [9.17, 15) is 4.39 Å². The first-order valence-corrected chi connectivity index (χ1v) is 9.48. The molecular formula is C22H21FN6O. The molecule has 0 radical (unpaired) electrons. The van der Waals surface area contributed by atoms with Crippen molar-refractivity contribution in [3.8, 4) is 11.5 Å². The molecule has 0 aliphatic rings. The standard InChI is InChI=1S/C22H21FN6O/c1-24-22(26-15-21-28-27-20-12-6-7-13-29(20)21)25-14-16-8-2-4-10-18(16)30-19-11-5-3-9-17(19)23/h2-13H,14-15H2,1H3,(H2,24,25,26). The minimum Gasteiger partial charge on any atom is -0.454 e. The number of benzene rings is 2. The molecule has 2 N–H and O–H groups in total. The Morgan fingerprint density at radius 2 is 1.67 bits per heavy atom. The number of aromatic nitrogens is 3. The van der Waals surface area contributed by atoms with Crippen LogP contribution in [0.15, 0.2) is 77.9 Å². The number of hydrogen-bond donors (Lipinski definition) is 2. The average molecular weight is 404 g/mol. The Labute approximate surface area is 173 Å². The zero-order valence-electron chi connectivity index (χ0n) is 16.4. The average Bonchev–Trinajstić information content (AvgIpc) is 3.19. The molecule has 2 aromatic heterocycles. The lowest BCUT2D eigenvalue weighted by Crippen LogP contribution is -2.36. The largest absolute Gasteiger partial charge is 0.454 e. The van der Waals surface area contributed by atoms with Crippen LogP contribution >= 0.6 is 0 Å². The molecule has 0 aliphatic carbocycles. The molecule has 2 aromatic carbocycles. The minimum absolute atomic E-state index is 0.186. The van der Waals surface area contributed by atoms with E-state index in [0.717, 1.165) is 17.0 Å². The molecule has 0 saturated carbocycles. The van der Waals surface area contributed by atoms with Gasteiger partial charge in [0, 0.05) is 25.4 Å². The number of ether oxygens (including phenoxy) is 1. The molecule has 0 fully saturated rings. The van der Waals surface area contributed by atoms with E-state index < -0.39 is 5.82 Å². The Kier molecular flexibility index (Phi) is 5.84. The molecule has 0 atom stereocenters. The van der Waals surface area contributed by atoms with E-state index in [1.165, 1.54) is 6.07 Å². The highest BCUT2D eigenvalue weighted by Crippen LogP contribution is 2.27. The lowest BCUT2D eigenvalue weighted by Gasteiger charge is -2.14. The summed E-state index contributed by atoms with van der Waals surface area (Å²) >= 11 is 0. The van der Waals surface area contributed by atoms with Crippen LogP contribution in [0.5, 0.6) is 11.5 Å². The normalized spacial score (nSPS) is 11.5. The lowest BCUT2D eigenvalue weighted by molar-refractivity contribution is 0.437. The predicted octanol–water partition coefficient (Wildman–Crippen LogP) is 3.53. The maximum Gasteiger partial charge on any atom is 0.191 e. The molecule has 4 rings (SSSR count). The molecule has 0 saturated heterocycles. The fourth-order valence-electron chi connectivity index (χ4n) is 2.97. The van der Waals surface area contributed by atoms with Crippen molar-refractivity contribution in [3.05, 3.63) is 90.1 Å². The molecule has 0 aliphatic heterocycles. The number of guanidine groups is 1. The monoisotopic (exact) mass is 404 g/mol. The smallest absolute Gasteiger partial charge is 0.191 e. The molecule has 8 heteroatoms. The van der Waals surface area contributed by atoms with Crippen LogP contribution in [0, 0.1) is 5.82 Å². The van der Waals surface area contributed by atoms with E-state index >= 15 is 0 Å². The van der Waals surface area contributed by atoms with Gasteiger partial charge >= 0.3 is 0 Å². The highest BCUT2D eigenvalue weighted by Gasteiger charge is 2.09. The zero-order chi connectivity index (χ0) is 20.8. The first kappa shape index (κ1) is 19.4. The van der Waals surface area contributed by atoms with E-state index in [0.29, 0.717) is 24.8 Å². The van der Waals surface area contributed by atoms with Crippen molar-refractivity contribution >= 4 is 11.6 Å². The van der Waals surface area contributed by atoms with Gasteiger partial charge in [0.2, 0.25) is 0 Å². The van der Waals surface area contributed by atoms with Crippen LogP contribution in [0.25, 0.3) is 5.65 Å². The summed E-state index contributed by atoms with van der Waals surface area (Å²) in [5.74, 6) is 1.73. The molecule has 0 amide bonds. The topological polar surface area (TPSA) is 75.8 Å². The molecule has 0 bridgehead atoms. The van der Waals surface area contributed by atoms with E-state index in [-0.39, 0.29) is 5.75 Å². The maximum atomic E-state index is 13.9. The van der Waals surface area contributed by atoms with Gasteiger partial charge in [0.05, 0.1) is 6.54 Å². The zero-order valence-corrected chi connectivity index (χ0v) is 16.4. The van der Waals surface area contributed by atoms with Crippen molar-refractivity contribution < 1.29 is 9.13 Å². The molecular weight excluding hydrogens is 383 g/mol. The van der Waals surface area contributed by atoms with Gasteiger partial charge in [0.25, 0.3) is 0 Å². The number of fused-ring (bicyclic) bond motifs is 1. The number of aliphatic imine (C=N–C) groups is 1. The lowest BCUT2D eigenvalue weighted by atomic mass is 10.2. The van der Waals surface area contributed by atoms with Gasteiger partial charge in [-0.05, 0) is 30.3 Å². The van der Waals surface area contributed by atoms with Crippen LogP contribution < -0.4 is 15.4 Å². The quantitative estimate of drug-likeness (QED) is 0.380. The van der Waals surface area contributed by atoms with Gasteiger partial charge in [0.1, 0.15) is 5.75 Å². The van der Waals surface area contributed by atoms with Gasteiger partial charge in [-0.3, -0.25) is 9.39 Å². The fourth-order valence-corrected chi connectivity index (χ4v) is 2.97. The number of hydrogen-bond acceptors (Lipinski definition) is 4. The number of pyridine rings is 1. The van der Waals surface area contributed by atoms with E-state index in [2.05, 4.69) is 25.8 Å². The van der Waals surface area contributed by atoms with Crippen LogP contribution in [0.4, 0.5) is 4.39 Å². The van der Waals surface area contributed by atoms with Crippen molar-refractivity contribution in [2.75, 3.05) is 7.05 Å². The van der Waals surface area contributed by atoms with Crippen molar-refractivity contribution in [3.63, 3.8) is 0 Å². The Balaban J connectivity index is 1.40. The maximum absolute atomic E-state index is 13.9. The van der Waals surface area contributed by atoms with Crippen LogP contribution in [-0.4, -0.2) is 27.6 Å². The van der Waals surface area contributed by atoms with Crippen LogP contribution in [0.3, 0.4) is 0 Å². The Bertz CT molecular complexity index is 1170. The van der Waals surface area contributed by atoms with E-state index in [1.807, 2.05) is 53.1 Å². The highest BCUT2D eigenvalue weighted by molar-refractivity contribution is 5.79. The Morgan fingerprint density at radius 3 is 2.50 bits per heavy atom. The van der Waals surface area contributed by atoms with Crippen LogP contribution in [0.2, 0.25) is 0 Å². The number of para-hydroxylation sites is 2. The Morgan fingerprint density at radius 1 is 0.933 bits per heavy atom. The molecule has 152 valence electrons. The SMILES string of the molecule is CN=C(NCc1ccccc1Oc1ccccc1F)NCc1nnc2ccccn12. The van der Waals surface area contributed by atoms with Crippen molar-refractivity contribution in [1.29, 1.82) is 0 Å². The minimum atomic E-state index is -0.404. The number of nitrogens with zero attached hydrogens (tertiary/aromatic N) is 4. The van der Waals surface area contributed by atoms with Crippen molar-refractivity contribution in [1.82, 2.24) is 25.2 Å². The van der Waals surface area contributed by atoms with E-state index in [1.54, 1.807) is 25.2 Å². The molecule has 4 aromatic rings. The summed E-state index contributed by atoms with van der Waals surface area (Å²) in [4.78, 5) is 4.25. The van der Waals surface area contributed by atoms with Gasteiger partial charge in [-0.15, -0.1) is 10.2 Å². The molecule has 0 unspecified atom stereocenters. The van der Waals surface area contributed by atoms with Gasteiger partial charge in [-0.1, -0.05) is 36.4 Å². The molecule has 7 nitrogen and oxygen atoms in total. The first-order chi connectivity index (χ1) is 14.7. The summed E-state index contributed by atoms with van der Waals surface area (Å²) < 4.78 is 21.6. The van der Waals surface area contributed by atoms with Crippen molar-refractivity contribution in [2.24, 2.45) is 4.99 Å². The van der Waals surface area contributed by atoms with Gasteiger partial charge in [-0.25, -0.2) is 4.39 Å². The summed E-state index contributed by atoms with van der Waals surface area (Å²) in [6.45, 7) is 0.906. The summed E-state index contributed by atoms with van der Waals surface area (Å²) in [5.41, 5.74) is 1.66. The second-order valence-corrected chi connectivity index (χ2v) is 6.46. The molecule has 30 heavy (non-hydrogen) atoms. The van der Waals surface area contributed by atoms with Gasteiger partial charge < -0.3 is 15.4 Å². The predicted molar refractivity (Wildman–Crippen MR) is 113 cm³/mol. The third kappa shape index (κ3) is 4.38. The second kappa shape index (κ2) is 9.04. The summed E-state index contributed by atoms with van der Waals surface area (Å²) in [5, 5.41) is 14.8. The molecule has 2 heterocycles. The summed E-state index contributed by atoms with van der Waals surface area (Å²) in [7, 11) is 1.69. The Hall–Kier alpha value is -3.94. The van der Waals surface area contributed by atoms with E-state index in [4.69, 9.17) is 4.74 Å². The molecule has 0 spiro atoms. The summed E-state index contributed by atoms with van der Waals surface area (Å²) in [6.07, 6.45) is 1.92. The van der Waals surface area contributed by atoms with Crippen LogP contribution in [-0.2, 0) is 13.1 Å². The number of rotatable bonds is 6. The third-order valence-electron chi connectivity index (χ3n) is 4.50. The van der Waals surface area contributed by atoms with Crippen molar-refractivity contribution in [2.45, 2.75) is 13.1 Å². The number of nitrogens with one attached hydrogen (secondary N) is 2. The first-order valence-electron chi connectivity index (χ1n) is 9.48. The third-order valence-corrected chi connectivity index (χ3v) is 4.50. The highest BCUT2D eigenvalue weighted by atomic mass is 19.1. The number of halogens is 1. The van der Waals surface area contributed by atoms with Gasteiger partial charge in [-0.2, -0.15) is 0 Å². The fraction of sp³-hybridized carbons (Fsp3) is 0.136. The van der Waals surface area contributed by atoms with Crippen LogP contribution in [0.1, 0.15) is 11.4 Å². The summed E-state index contributed by atoms with van der Waals surface area (Å²) in [6, 6.07) is 19.6.